The molecule has 0 bridgehead atoms. The van der Waals surface area contributed by atoms with E-state index in [1.165, 1.54) is 4.90 Å². The summed E-state index contributed by atoms with van der Waals surface area (Å²) in [5, 5.41) is 0. The number of halogens is 3. The van der Waals surface area contributed by atoms with Crippen LogP contribution in [-0.4, -0.2) is 36.5 Å². The van der Waals surface area contributed by atoms with Crippen LogP contribution < -0.4 is 0 Å². The van der Waals surface area contributed by atoms with Crippen molar-refractivity contribution in [2.75, 3.05) is 25.4 Å². The van der Waals surface area contributed by atoms with Crippen LogP contribution in [0.2, 0.25) is 0 Å². The topological polar surface area (TPSA) is 3.24 Å². The van der Waals surface area contributed by atoms with E-state index in [2.05, 4.69) is 12.6 Å². The summed E-state index contributed by atoms with van der Waals surface area (Å²) in [6.07, 6.45) is -3.35. The minimum atomic E-state index is -4.09. The van der Waals surface area contributed by atoms with Gasteiger partial charge in [-0.05, 0) is 24.6 Å². The lowest BCUT2D eigenvalue weighted by Crippen LogP contribution is -2.37. The van der Waals surface area contributed by atoms with Gasteiger partial charge in [0.15, 0.2) is 0 Å². The summed E-state index contributed by atoms with van der Waals surface area (Å²) >= 11 is 4.06. The standard InChI is InChI=1S/C9H18F3NS/c1-3-4-13(5-8(2)6-14)7-9(10,11)12/h8,14H,3-7H2,1-2H3. The van der Waals surface area contributed by atoms with E-state index < -0.39 is 12.7 Å². The fourth-order valence-corrected chi connectivity index (χ4v) is 1.42. The third-order valence-corrected chi connectivity index (χ3v) is 2.45. The molecule has 0 rings (SSSR count). The molecular formula is C9H18F3NS. The largest absolute Gasteiger partial charge is 0.401 e. The van der Waals surface area contributed by atoms with Crippen molar-refractivity contribution in [2.45, 2.75) is 26.4 Å². The highest BCUT2D eigenvalue weighted by Crippen LogP contribution is 2.17. The van der Waals surface area contributed by atoms with Crippen LogP contribution in [0.3, 0.4) is 0 Å². The van der Waals surface area contributed by atoms with Gasteiger partial charge in [-0.2, -0.15) is 25.8 Å². The number of hydrogen-bond acceptors (Lipinski definition) is 2. The Morgan fingerprint density at radius 2 is 1.93 bits per heavy atom. The highest BCUT2D eigenvalue weighted by molar-refractivity contribution is 7.80. The molecule has 0 saturated heterocycles. The second-order valence-corrected chi connectivity index (χ2v) is 4.00. The number of alkyl halides is 3. The smallest absolute Gasteiger partial charge is 0.295 e. The SMILES string of the molecule is CCCN(CC(C)CS)CC(F)(F)F. The Morgan fingerprint density at radius 3 is 2.29 bits per heavy atom. The first-order chi connectivity index (χ1) is 6.39. The van der Waals surface area contributed by atoms with E-state index in [1.54, 1.807) is 0 Å². The van der Waals surface area contributed by atoms with Gasteiger partial charge in [0.2, 0.25) is 0 Å². The molecule has 0 aromatic rings. The van der Waals surface area contributed by atoms with Gasteiger partial charge in [-0.15, -0.1) is 0 Å². The Bertz CT molecular complexity index is 149. The van der Waals surface area contributed by atoms with E-state index in [4.69, 9.17) is 0 Å². The predicted octanol–water partition coefficient (Wildman–Crippen LogP) is 2.83. The maximum Gasteiger partial charge on any atom is 0.401 e. The van der Waals surface area contributed by atoms with Crippen LogP contribution in [0.1, 0.15) is 20.3 Å². The summed E-state index contributed by atoms with van der Waals surface area (Å²) in [5.74, 6) is 0.824. The van der Waals surface area contributed by atoms with Gasteiger partial charge >= 0.3 is 6.18 Å². The molecule has 0 fully saturated rings. The van der Waals surface area contributed by atoms with Gasteiger partial charge in [-0.25, -0.2) is 0 Å². The Labute approximate surface area is 89.1 Å². The van der Waals surface area contributed by atoms with Crippen molar-refractivity contribution in [3.05, 3.63) is 0 Å². The molecule has 86 valence electrons. The number of hydrogen-bond donors (Lipinski definition) is 1. The molecule has 5 heteroatoms. The summed E-state index contributed by atoms with van der Waals surface area (Å²) in [5.41, 5.74) is 0. The molecule has 0 aromatic carbocycles. The molecule has 0 spiro atoms. The number of rotatable bonds is 6. The quantitative estimate of drug-likeness (QED) is 0.685. The molecule has 0 aromatic heterocycles. The van der Waals surface area contributed by atoms with Crippen molar-refractivity contribution in [2.24, 2.45) is 5.92 Å². The Balaban J connectivity index is 4.01. The van der Waals surface area contributed by atoms with Crippen molar-refractivity contribution >= 4 is 12.6 Å². The van der Waals surface area contributed by atoms with Gasteiger partial charge in [0.1, 0.15) is 0 Å². The van der Waals surface area contributed by atoms with Crippen LogP contribution in [-0.2, 0) is 0 Å². The third kappa shape index (κ3) is 7.50. The van der Waals surface area contributed by atoms with Crippen molar-refractivity contribution < 1.29 is 13.2 Å². The summed E-state index contributed by atoms with van der Waals surface area (Å²) in [6.45, 7) is 3.95. The van der Waals surface area contributed by atoms with Gasteiger partial charge in [0, 0.05) is 6.54 Å². The maximum atomic E-state index is 12.1. The lowest BCUT2D eigenvalue weighted by molar-refractivity contribution is -0.146. The number of thiol groups is 1. The molecular weight excluding hydrogens is 211 g/mol. The first-order valence-electron chi connectivity index (χ1n) is 4.79. The van der Waals surface area contributed by atoms with Crippen LogP contribution in [0.15, 0.2) is 0 Å². The van der Waals surface area contributed by atoms with Crippen molar-refractivity contribution in [3.63, 3.8) is 0 Å². The lowest BCUT2D eigenvalue weighted by Gasteiger charge is -2.25. The second kappa shape index (κ2) is 6.56. The summed E-state index contributed by atoms with van der Waals surface area (Å²) in [6, 6.07) is 0. The molecule has 0 heterocycles. The fourth-order valence-electron chi connectivity index (χ4n) is 1.30. The van der Waals surface area contributed by atoms with Gasteiger partial charge < -0.3 is 0 Å². The normalized spacial score (nSPS) is 14.8. The minimum absolute atomic E-state index is 0.201. The van der Waals surface area contributed by atoms with Crippen molar-refractivity contribution in [3.8, 4) is 0 Å². The first kappa shape index (κ1) is 14.1. The lowest BCUT2D eigenvalue weighted by atomic mass is 10.2. The van der Waals surface area contributed by atoms with Gasteiger partial charge in [0.05, 0.1) is 6.54 Å². The van der Waals surface area contributed by atoms with Crippen molar-refractivity contribution in [1.29, 1.82) is 0 Å². The molecule has 0 amide bonds. The second-order valence-electron chi connectivity index (χ2n) is 3.64. The van der Waals surface area contributed by atoms with Crippen LogP contribution in [0.5, 0.6) is 0 Å². The van der Waals surface area contributed by atoms with E-state index >= 15 is 0 Å². The van der Waals surface area contributed by atoms with Crippen LogP contribution in [0, 0.1) is 5.92 Å². The van der Waals surface area contributed by atoms with Gasteiger partial charge in [-0.3, -0.25) is 4.90 Å². The molecule has 1 nitrogen and oxygen atoms in total. The third-order valence-electron chi connectivity index (χ3n) is 1.82. The van der Waals surface area contributed by atoms with E-state index in [0.29, 0.717) is 18.8 Å². The molecule has 0 aliphatic rings. The summed E-state index contributed by atoms with van der Waals surface area (Å²) < 4.78 is 36.4. The first-order valence-corrected chi connectivity index (χ1v) is 5.42. The molecule has 0 aliphatic heterocycles. The van der Waals surface area contributed by atoms with E-state index in [9.17, 15) is 13.2 Å². The molecule has 0 radical (unpaired) electrons. The minimum Gasteiger partial charge on any atom is -0.295 e. The molecule has 14 heavy (non-hydrogen) atoms. The van der Waals surface area contributed by atoms with Gasteiger partial charge in [-0.1, -0.05) is 13.8 Å². The Morgan fingerprint density at radius 1 is 1.36 bits per heavy atom. The zero-order chi connectivity index (χ0) is 11.2. The monoisotopic (exact) mass is 229 g/mol. The molecule has 0 N–H and O–H groups in total. The van der Waals surface area contributed by atoms with E-state index in [0.717, 1.165) is 6.42 Å². The number of nitrogens with zero attached hydrogens (tertiary/aromatic N) is 1. The Hall–Kier alpha value is 0.100. The van der Waals surface area contributed by atoms with Gasteiger partial charge in [0.25, 0.3) is 0 Å². The highest BCUT2D eigenvalue weighted by Gasteiger charge is 2.30. The van der Waals surface area contributed by atoms with Crippen LogP contribution in [0.4, 0.5) is 13.2 Å². The summed E-state index contributed by atoms with van der Waals surface area (Å²) in [4.78, 5) is 1.45. The maximum absolute atomic E-state index is 12.1. The average molecular weight is 229 g/mol. The zero-order valence-electron chi connectivity index (χ0n) is 8.64. The fraction of sp³-hybridized carbons (Fsp3) is 1.00. The van der Waals surface area contributed by atoms with Crippen LogP contribution >= 0.6 is 12.6 Å². The molecule has 1 unspecified atom stereocenters. The van der Waals surface area contributed by atoms with Crippen molar-refractivity contribution in [1.82, 2.24) is 4.90 Å². The molecule has 1 atom stereocenters. The highest BCUT2D eigenvalue weighted by atomic mass is 32.1. The molecule has 0 aliphatic carbocycles. The van der Waals surface area contributed by atoms with E-state index in [1.807, 2.05) is 13.8 Å². The zero-order valence-corrected chi connectivity index (χ0v) is 9.54. The molecule has 0 saturated carbocycles. The predicted molar refractivity (Wildman–Crippen MR) is 55.8 cm³/mol. The Kier molecular flexibility index (Phi) is 6.61. The van der Waals surface area contributed by atoms with Crippen LogP contribution in [0.25, 0.3) is 0 Å². The summed E-state index contributed by atoms with van der Waals surface area (Å²) in [7, 11) is 0. The van der Waals surface area contributed by atoms with E-state index in [-0.39, 0.29) is 5.92 Å². The average Bonchev–Trinajstić information content (AvgIpc) is 2.01.